The molecule has 0 N–H and O–H groups in total. The van der Waals surface area contributed by atoms with E-state index in [1.807, 2.05) is 158 Å². The van der Waals surface area contributed by atoms with Gasteiger partial charge >= 0.3 is 0 Å². The minimum atomic E-state index is -3.54. The molecule has 5 aromatic carbocycles. The van der Waals surface area contributed by atoms with Crippen LogP contribution in [0.4, 0.5) is 0 Å². The summed E-state index contributed by atoms with van der Waals surface area (Å²) < 4.78 is 32.2. The molecule has 2 aromatic heterocycles. The van der Waals surface area contributed by atoms with Crippen LogP contribution in [0.5, 0.6) is 0 Å². The number of pyridine rings is 2. The third-order valence-corrected chi connectivity index (χ3v) is 14.4. The summed E-state index contributed by atoms with van der Waals surface area (Å²) in [5, 5.41) is 3.99. The summed E-state index contributed by atoms with van der Waals surface area (Å²) in [7, 11) is -7.07. The van der Waals surface area contributed by atoms with Crippen molar-refractivity contribution < 1.29 is 9.13 Å². The summed E-state index contributed by atoms with van der Waals surface area (Å²) in [6.07, 6.45) is 7.04. The molecule has 222 valence electrons. The highest BCUT2D eigenvalue weighted by molar-refractivity contribution is 7.87. The Kier molecular flexibility index (Phi) is 8.16. The Bertz CT molecular complexity index is 1940. The third-order valence-electron chi connectivity index (χ3n) is 8.22. The van der Waals surface area contributed by atoms with E-state index in [9.17, 15) is 0 Å². The van der Waals surface area contributed by atoms with Crippen LogP contribution in [0.25, 0.3) is 22.3 Å². The molecular formula is C40H30N2O2P2. The molecule has 0 aliphatic heterocycles. The van der Waals surface area contributed by atoms with Crippen molar-refractivity contribution in [2.75, 3.05) is 0 Å². The molecule has 6 heteroatoms. The van der Waals surface area contributed by atoms with Crippen molar-refractivity contribution in [2.24, 2.45) is 0 Å². The first-order valence-electron chi connectivity index (χ1n) is 15.0. The average Bonchev–Trinajstić information content (AvgIpc) is 3.16. The number of benzene rings is 5. The van der Waals surface area contributed by atoms with Gasteiger partial charge in [0.05, 0.1) is 0 Å². The van der Waals surface area contributed by atoms with E-state index < -0.39 is 14.3 Å². The summed E-state index contributed by atoms with van der Waals surface area (Å²) in [6.45, 7) is 0. The Labute approximate surface area is 269 Å². The molecule has 0 radical (unpaired) electrons. The van der Waals surface area contributed by atoms with Crippen molar-refractivity contribution in [3.05, 3.63) is 183 Å². The summed E-state index contributed by atoms with van der Waals surface area (Å²) in [5.74, 6) is 0. The number of rotatable bonds is 8. The first kappa shape index (κ1) is 29.6. The highest BCUT2D eigenvalue weighted by Gasteiger charge is 2.38. The molecule has 4 nitrogen and oxygen atoms in total. The van der Waals surface area contributed by atoms with Gasteiger partial charge in [-0.25, -0.2) is 0 Å². The number of hydrogen-bond acceptors (Lipinski definition) is 4. The summed E-state index contributed by atoms with van der Waals surface area (Å²) in [5.41, 5.74) is 3.16. The van der Waals surface area contributed by atoms with E-state index in [1.54, 1.807) is 24.8 Å². The Balaban J connectivity index is 1.68. The summed E-state index contributed by atoms with van der Waals surface area (Å²) in [4.78, 5) is 8.88. The average molecular weight is 633 g/mol. The van der Waals surface area contributed by atoms with Gasteiger partial charge in [0.25, 0.3) is 0 Å². The van der Waals surface area contributed by atoms with Crippen molar-refractivity contribution in [1.82, 2.24) is 9.97 Å². The van der Waals surface area contributed by atoms with Crippen LogP contribution < -0.4 is 31.8 Å². The van der Waals surface area contributed by atoms with Gasteiger partial charge in [0.15, 0.2) is 14.3 Å². The normalized spacial score (nSPS) is 11.7. The lowest BCUT2D eigenvalue weighted by atomic mass is 10.0. The molecule has 7 rings (SSSR count). The lowest BCUT2D eigenvalue weighted by Gasteiger charge is -2.28. The minimum Gasteiger partial charge on any atom is -0.309 e. The molecule has 7 aromatic rings. The van der Waals surface area contributed by atoms with Crippen LogP contribution in [-0.4, -0.2) is 9.97 Å². The van der Waals surface area contributed by atoms with E-state index in [1.165, 1.54) is 0 Å². The second kappa shape index (κ2) is 12.7. The Morgan fingerprint density at radius 3 is 0.978 bits per heavy atom. The van der Waals surface area contributed by atoms with Crippen LogP contribution >= 0.6 is 14.3 Å². The van der Waals surface area contributed by atoms with E-state index in [0.717, 1.165) is 22.3 Å². The quantitative estimate of drug-likeness (QED) is 0.168. The smallest absolute Gasteiger partial charge is 0.171 e. The van der Waals surface area contributed by atoms with Crippen LogP contribution in [0.15, 0.2) is 183 Å². The van der Waals surface area contributed by atoms with Crippen LogP contribution in [0, 0.1) is 0 Å². The summed E-state index contributed by atoms with van der Waals surface area (Å²) >= 11 is 0. The zero-order chi connectivity index (χ0) is 31.4. The molecule has 0 aliphatic rings. The first-order valence-corrected chi connectivity index (χ1v) is 18.4. The zero-order valence-electron chi connectivity index (χ0n) is 24.9. The van der Waals surface area contributed by atoms with Crippen molar-refractivity contribution in [3.63, 3.8) is 0 Å². The maximum Gasteiger partial charge on any atom is 0.171 e. The molecule has 0 unspecified atom stereocenters. The maximum atomic E-state index is 16.1. The van der Waals surface area contributed by atoms with Gasteiger partial charge in [-0.05, 0) is 35.4 Å². The minimum absolute atomic E-state index is 0.604. The van der Waals surface area contributed by atoms with Crippen LogP contribution in [0.1, 0.15) is 0 Å². The number of nitrogens with zero attached hydrogens (tertiary/aromatic N) is 2. The van der Waals surface area contributed by atoms with Crippen LogP contribution in [-0.2, 0) is 9.13 Å². The molecule has 2 heterocycles. The largest absolute Gasteiger partial charge is 0.309 e. The van der Waals surface area contributed by atoms with Gasteiger partial charge in [0, 0.05) is 67.7 Å². The monoisotopic (exact) mass is 632 g/mol. The van der Waals surface area contributed by atoms with Crippen LogP contribution in [0.3, 0.4) is 0 Å². The highest BCUT2D eigenvalue weighted by Crippen LogP contribution is 2.50. The first-order chi connectivity index (χ1) is 22.6. The van der Waals surface area contributed by atoms with Crippen molar-refractivity contribution in [1.29, 1.82) is 0 Å². The Hall–Kier alpha value is -5.14. The summed E-state index contributed by atoms with van der Waals surface area (Å²) in [6, 6.07) is 50.1. The van der Waals surface area contributed by atoms with E-state index in [-0.39, 0.29) is 0 Å². The fourth-order valence-electron chi connectivity index (χ4n) is 6.01. The van der Waals surface area contributed by atoms with Crippen molar-refractivity contribution in [2.45, 2.75) is 0 Å². The Morgan fingerprint density at radius 2 is 0.696 bits per heavy atom. The topological polar surface area (TPSA) is 59.9 Å². The maximum absolute atomic E-state index is 16.1. The van der Waals surface area contributed by atoms with Gasteiger partial charge in [0.2, 0.25) is 0 Å². The molecule has 0 atom stereocenters. The van der Waals surface area contributed by atoms with Gasteiger partial charge in [-0.1, -0.05) is 133 Å². The van der Waals surface area contributed by atoms with Gasteiger partial charge in [0.1, 0.15) is 0 Å². The predicted molar refractivity (Wildman–Crippen MR) is 192 cm³/mol. The van der Waals surface area contributed by atoms with Gasteiger partial charge < -0.3 is 9.13 Å². The molecule has 0 amide bonds. The highest BCUT2D eigenvalue weighted by atomic mass is 31.2. The molecule has 46 heavy (non-hydrogen) atoms. The SMILES string of the molecule is O=P(c1ccccc1)(c1ccccc1)c1cc(P(=O)(c2ccccc2)c2ccccc2)c(-c2cccnc2)cc1-c1cccnc1. The van der Waals surface area contributed by atoms with Crippen LogP contribution in [0.2, 0.25) is 0 Å². The van der Waals surface area contributed by atoms with Crippen molar-refractivity contribution in [3.8, 4) is 22.3 Å². The number of aromatic nitrogens is 2. The Morgan fingerprint density at radius 1 is 0.370 bits per heavy atom. The fraction of sp³-hybridized carbons (Fsp3) is 0. The third kappa shape index (κ3) is 5.26. The zero-order valence-corrected chi connectivity index (χ0v) is 26.7. The van der Waals surface area contributed by atoms with E-state index in [4.69, 9.17) is 0 Å². The van der Waals surface area contributed by atoms with Gasteiger partial charge in [-0.15, -0.1) is 0 Å². The molecule has 0 saturated carbocycles. The number of hydrogen-bond donors (Lipinski definition) is 0. The molecule has 0 bridgehead atoms. The lowest BCUT2D eigenvalue weighted by Crippen LogP contribution is -2.32. The fourth-order valence-corrected chi connectivity index (χ4v) is 11.9. The van der Waals surface area contributed by atoms with Gasteiger partial charge in [-0.3, -0.25) is 9.97 Å². The molecule has 0 aliphatic carbocycles. The van der Waals surface area contributed by atoms with E-state index in [2.05, 4.69) is 9.97 Å². The van der Waals surface area contributed by atoms with E-state index in [0.29, 0.717) is 31.8 Å². The second-order valence-corrected chi connectivity index (χ2v) is 16.4. The van der Waals surface area contributed by atoms with Crippen molar-refractivity contribution >= 4 is 46.1 Å². The molecule has 0 spiro atoms. The lowest BCUT2D eigenvalue weighted by molar-refractivity contribution is 0.592. The second-order valence-electron chi connectivity index (χ2n) is 10.9. The predicted octanol–water partition coefficient (Wildman–Crippen LogP) is 7.09. The molecule has 0 fully saturated rings. The molecular weight excluding hydrogens is 602 g/mol. The van der Waals surface area contributed by atoms with E-state index >= 15 is 9.13 Å². The van der Waals surface area contributed by atoms with Gasteiger partial charge in [-0.2, -0.15) is 0 Å². The standard InChI is InChI=1S/C40H30N2O2P2/c43-45(33-17-5-1-6-18-33,34-19-7-2-8-20-34)39-28-40(46(44,35-21-9-3-10-22-35)36-23-11-4-12-24-36)38(32-16-14-26-42-30-32)27-37(39)31-15-13-25-41-29-31/h1-30H. The molecule has 0 saturated heterocycles.